The molecule has 1 aromatic heterocycles. The molecule has 2 rings (SSSR count). The Bertz CT molecular complexity index is 695. The first-order valence-corrected chi connectivity index (χ1v) is 8.79. The van der Waals surface area contributed by atoms with Crippen LogP contribution in [0.5, 0.6) is 0 Å². The van der Waals surface area contributed by atoms with Crippen molar-refractivity contribution in [2.45, 2.75) is 31.6 Å². The van der Waals surface area contributed by atoms with Crippen molar-refractivity contribution in [3.05, 3.63) is 48.2 Å². The molecule has 6 heteroatoms. The van der Waals surface area contributed by atoms with E-state index >= 15 is 0 Å². The third-order valence-corrected chi connectivity index (χ3v) is 4.56. The van der Waals surface area contributed by atoms with E-state index in [1.807, 2.05) is 13.0 Å². The van der Waals surface area contributed by atoms with Gasteiger partial charge in [-0.2, -0.15) is 0 Å². The molecule has 0 aliphatic heterocycles. The fraction of sp³-hybridized carbons (Fsp3) is 0.312. The summed E-state index contributed by atoms with van der Waals surface area (Å²) in [7, 11) is -3.60. The Morgan fingerprint density at radius 3 is 2.41 bits per heavy atom. The number of hydrogen-bond donors (Lipinski definition) is 2. The lowest BCUT2D eigenvalue weighted by Crippen LogP contribution is -2.14. The molecule has 22 heavy (non-hydrogen) atoms. The summed E-state index contributed by atoms with van der Waals surface area (Å²) < 4.78 is 27.0. The van der Waals surface area contributed by atoms with Crippen molar-refractivity contribution in [2.75, 3.05) is 16.6 Å². The highest BCUT2D eigenvalue weighted by Gasteiger charge is 2.14. The lowest BCUT2D eigenvalue weighted by Gasteiger charge is -2.09. The lowest BCUT2D eigenvalue weighted by atomic mass is 10.2. The number of nitrogens with zero attached hydrogens (tertiary/aromatic N) is 1. The quantitative estimate of drug-likeness (QED) is 0.767. The van der Waals surface area contributed by atoms with Gasteiger partial charge in [0.15, 0.2) is 0 Å². The summed E-state index contributed by atoms with van der Waals surface area (Å²) in [5.41, 5.74) is 1.89. The van der Waals surface area contributed by atoms with Gasteiger partial charge in [0, 0.05) is 6.54 Å². The minimum absolute atomic E-state index is 0.227. The molecular weight excluding hydrogens is 298 g/mol. The van der Waals surface area contributed by atoms with Crippen molar-refractivity contribution in [1.82, 2.24) is 4.98 Å². The molecule has 2 aromatic rings. The predicted molar refractivity (Wildman–Crippen MR) is 89.6 cm³/mol. The van der Waals surface area contributed by atoms with Crippen molar-refractivity contribution in [3.63, 3.8) is 0 Å². The Morgan fingerprint density at radius 1 is 1.09 bits per heavy atom. The molecule has 0 saturated heterocycles. The van der Waals surface area contributed by atoms with Crippen LogP contribution in [-0.2, 0) is 10.0 Å². The molecular formula is C16H21N3O2S. The zero-order valence-electron chi connectivity index (χ0n) is 12.8. The number of aryl methyl sites for hydroxylation is 1. The van der Waals surface area contributed by atoms with E-state index in [2.05, 4.69) is 21.9 Å². The SMILES string of the molecule is CCCCNc1ccc(NS(=O)(=O)c2ccc(C)cc2)nc1. The third-order valence-electron chi connectivity index (χ3n) is 3.19. The maximum atomic E-state index is 12.2. The van der Waals surface area contributed by atoms with Gasteiger partial charge < -0.3 is 5.32 Å². The number of aromatic nitrogens is 1. The zero-order valence-corrected chi connectivity index (χ0v) is 13.7. The summed E-state index contributed by atoms with van der Waals surface area (Å²) in [6.07, 6.45) is 3.83. The first-order valence-electron chi connectivity index (χ1n) is 7.30. The Morgan fingerprint density at radius 2 is 1.82 bits per heavy atom. The monoisotopic (exact) mass is 319 g/mol. The van der Waals surface area contributed by atoms with Gasteiger partial charge in [0.2, 0.25) is 0 Å². The van der Waals surface area contributed by atoms with Gasteiger partial charge in [0.05, 0.1) is 16.8 Å². The van der Waals surface area contributed by atoms with E-state index in [-0.39, 0.29) is 4.90 Å². The van der Waals surface area contributed by atoms with Gasteiger partial charge >= 0.3 is 0 Å². The van der Waals surface area contributed by atoms with Crippen LogP contribution in [0, 0.1) is 6.92 Å². The molecule has 0 unspecified atom stereocenters. The highest BCUT2D eigenvalue weighted by atomic mass is 32.2. The van der Waals surface area contributed by atoms with E-state index in [0.717, 1.165) is 30.6 Å². The van der Waals surface area contributed by atoms with Crippen LogP contribution in [0.1, 0.15) is 25.3 Å². The molecule has 0 spiro atoms. The fourth-order valence-electron chi connectivity index (χ4n) is 1.88. The van der Waals surface area contributed by atoms with Crippen LogP contribution in [0.25, 0.3) is 0 Å². The number of pyridine rings is 1. The molecule has 0 bridgehead atoms. The Labute approximate surface area is 131 Å². The summed E-state index contributed by atoms with van der Waals surface area (Å²) in [4.78, 5) is 4.36. The number of rotatable bonds is 7. The van der Waals surface area contributed by atoms with Gasteiger partial charge in [-0.3, -0.25) is 4.72 Å². The predicted octanol–water partition coefficient (Wildman–Crippen LogP) is 3.40. The zero-order chi connectivity index (χ0) is 16.0. The van der Waals surface area contributed by atoms with E-state index < -0.39 is 10.0 Å². The second kappa shape index (κ2) is 7.26. The second-order valence-corrected chi connectivity index (χ2v) is 6.81. The Balaban J connectivity index is 2.05. The largest absolute Gasteiger partial charge is 0.384 e. The van der Waals surface area contributed by atoms with E-state index in [9.17, 15) is 8.42 Å². The maximum absolute atomic E-state index is 12.2. The second-order valence-electron chi connectivity index (χ2n) is 5.13. The number of hydrogen-bond acceptors (Lipinski definition) is 4. The lowest BCUT2D eigenvalue weighted by molar-refractivity contribution is 0.601. The van der Waals surface area contributed by atoms with E-state index in [1.54, 1.807) is 36.5 Å². The van der Waals surface area contributed by atoms with Gasteiger partial charge in [-0.15, -0.1) is 0 Å². The van der Waals surface area contributed by atoms with Crippen molar-refractivity contribution < 1.29 is 8.42 Å². The van der Waals surface area contributed by atoms with Gasteiger partial charge in [0.25, 0.3) is 10.0 Å². The molecule has 0 saturated carbocycles. The van der Waals surface area contributed by atoms with Crippen molar-refractivity contribution in [1.29, 1.82) is 0 Å². The summed E-state index contributed by atoms with van der Waals surface area (Å²) in [5.74, 6) is 0.307. The first-order chi connectivity index (χ1) is 10.5. The molecule has 0 radical (unpaired) electrons. The van der Waals surface area contributed by atoms with Crippen molar-refractivity contribution >= 4 is 21.5 Å². The number of anilines is 2. The van der Waals surface area contributed by atoms with E-state index in [1.165, 1.54) is 0 Å². The van der Waals surface area contributed by atoms with Crippen molar-refractivity contribution in [3.8, 4) is 0 Å². The summed E-state index contributed by atoms with van der Waals surface area (Å²) in [5, 5.41) is 3.23. The molecule has 0 atom stereocenters. The number of unbranched alkanes of at least 4 members (excludes halogenated alkanes) is 1. The number of benzene rings is 1. The minimum atomic E-state index is -3.60. The molecule has 1 aromatic carbocycles. The number of nitrogens with one attached hydrogen (secondary N) is 2. The standard InChI is InChI=1S/C16H21N3O2S/c1-3-4-11-17-14-7-10-16(18-12-14)19-22(20,21)15-8-5-13(2)6-9-15/h5-10,12,17H,3-4,11H2,1-2H3,(H,18,19). The summed E-state index contributed by atoms with van der Waals surface area (Å²) in [6, 6.07) is 10.2. The molecule has 5 nitrogen and oxygen atoms in total. The maximum Gasteiger partial charge on any atom is 0.263 e. The average Bonchev–Trinajstić information content (AvgIpc) is 2.49. The summed E-state index contributed by atoms with van der Waals surface area (Å²) >= 11 is 0. The molecule has 0 amide bonds. The van der Waals surface area contributed by atoms with Gasteiger partial charge in [-0.25, -0.2) is 13.4 Å². The molecule has 118 valence electrons. The molecule has 2 N–H and O–H groups in total. The topological polar surface area (TPSA) is 71.1 Å². The van der Waals surface area contributed by atoms with Crippen LogP contribution >= 0.6 is 0 Å². The van der Waals surface area contributed by atoms with Crippen LogP contribution in [0.4, 0.5) is 11.5 Å². The molecule has 0 aliphatic rings. The van der Waals surface area contributed by atoms with Gasteiger partial charge in [-0.1, -0.05) is 31.0 Å². The van der Waals surface area contributed by atoms with Gasteiger partial charge in [0.1, 0.15) is 5.82 Å². The molecule has 0 fully saturated rings. The van der Waals surface area contributed by atoms with Crippen LogP contribution < -0.4 is 10.0 Å². The molecule has 1 heterocycles. The average molecular weight is 319 g/mol. The summed E-state index contributed by atoms with van der Waals surface area (Å²) in [6.45, 7) is 4.92. The Hall–Kier alpha value is -2.08. The van der Waals surface area contributed by atoms with Crippen molar-refractivity contribution in [2.24, 2.45) is 0 Å². The Kier molecular flexibility index (Phi) is 5.38. The van der Waals surface area contributed by atoms with E-state index in [0.29, 0.717) is 5.82 Å². The smallest absolute Gasteiger partial charge is 0.263 e. The highest BCUT2D eigenvalue weighted by molar-refractivity contribution is 7.92. The first kappa shape index (κ1) is 16.3. The number of sulfonamides is 1. The van der Waals surface area contributed by atoms with E-state index in [4.69, 9.17) is 0 Å². The van der Waals surface area contributed by atoms with Crippen LogP contribution in [0.15, 0.2) is 47.5 Å². The fourth-order valence-corrected chi connectivity index (χ4v) is 2.89. The van der Waals surface area contributed by atoms with Gasteiger partial charge in [-0.05, 0) is 37.6 Å². The molecule has 0 aliphatic carbocycles. The third kappa shape index (κ3) is 4.46. The van der Waals surface area contributed by atoms with Crippen LogP contribution in [0.2, 0.25) is 0 Å². The normalized spacial score (nSPS) is 11.2. The van der Waals surface area contributed by atoms with Crippen LogP contribution in [0.3, 0.4) is 0 Å². The highest BCUT2D eigenvalue weighted by Crippen LogP contribution is 2.16. The van der Waals surface area contributed by atoms with Crippen LogP contribution in [-0.4, -0.2) is 19.9 Å². The minimum Gasteiger partial charge on any atom is -0.384 e.